The number of aromatic nitrogens is 2. The van der Waals surface area contributed by atoms with Gasteiger partial charge in [-0.1, -0.05) is 60.7 Å². The number of carbonyl (C=O) groups is 3. The molecule has 0 atom stereocenters. The van der Waals surface area contributed by atoms with Crippen LogP contribution < -0.4 is 9.47 Å². The average molecular weight is 945 g/mol. The minimum atomic E-state index is -1.03. The molecule has 6 aromatic carbocycles. The molecule has 2 aromatic heterocycles. The van der Waals surface area contributed by atoms with Crippen LogP contribution in [0.25, 0.3) is 21.8 Å². The molecule has 61 heavy (non-hydrogen) atoms. The van der Waals surface area contributed by atoms with E-state index in [2.05, 4.69) is 42.5 Å². The fourth-order valence-electron chi connectivity index (χ4n) is 6.58. The van der Waals surface area contributed by atoms with Crippen molar-refractivity contribution in [3.63, 3.8) is 0 Å². The third-order valence-corrected chi connectivity index (χ3v) is 10.7. The third kappa shape index (κ3) is 10.6. The topological polar surface area (TPSA) is 129 Å². The van der Waals surface area contributed by atoms with Crippen LogP contribution >= 0.6 is 31.9 Å². The van der Waals surface area contributed by atoms with Crippen molar-refractivity contribution >= 4 is 71.6 Å². The van der Waals surface area contributed by atoms with Gasteiger partial charge in [-0.25, -0.2) is 14.4 Å². The zero-order chi connectivity index (χ0) is 43.3. The average Bonchev–Trinajstić information content (AvgIpc) is 3.80. The van der Waals surface area contributed by atoms with E-state index in [1.165, 1.54) is 0 Å². The molecule has 0 aliphatic carbocycles. The van der Waals surface area contributed by atoms with Gasteiger partial charge >= 0.3 is 17.9 Å². The summed E-state index contributed by atoms with van der Waals surface area (Å²) >= 11 is 7.18. The summed E-state index contributed by atoms with van der Waals surface area (Å²) < 4.78 is 22.9. The van der Waals surface area contributed by atoms with Crippen molar-refractivity contribution in [2.75, 3.05) is 0 Å². The molecule has 8 aromatic rings. The summed E-state index contributed by atoms with van der Waals surface area (Å²) in [5.41, 5.74) is 3.94. The Kier molecular flexibility index (Phi) is 12.8. The van der Waals surface area contributed by atoms with Gasteiger partial charge in [-0.3, -0.25) is 0 Å². The Bertz CT molecular complexity index is 2850. The number of hydrogen-bond donors (Lipinski definition) is 2. The highest BCUT2D eigenvalue weighted by Crippen LogP contribution is 2.36. The fourth-order valence-corrected chi connectivity index (χ4v) is 7.69. The standard InChI is InChI=1S/C27H24BrNO5.C22H16BrNO3/c1-27(2,3)34-26(32)18-11-9-17(10-12-18)16-29-23-14-20(33-19-7-5-4-6-8-19)13-22(28)21(23)15-24(29)25(30)31;23-20-12-18(27-17-4-2-1-3-5-17)13-21-19(20)10-11-24(21)14-15-6-8-16(9-7-15)22(25)26/h4-15H,16H2,1-3H3,(H,30,31);1-13H,14H2,(H,25,26). The Hall–Kier alpha value is -6.63. The highest BCUT2D eigenvalue weighted by atomic mass is 79.9. The largest absolute Gasteiger partial charge is 0.478 e. The number of carboxylic acids is 2. The molecule has 2 N–H and O–H groups in total. The molecular weight excluding hydrogens is 904 g/mol. The van der Waals surface area contributed by atoms with Gasteiger partial charge in [0.05, 0.1) is 22.2 Å². The predicted octanol–water partition coefficient (Wildman–Crippen LogP) is 12.8. The first-order valence-corrected chi connectivity index (χ1v) is 20.7. The second-order valence-electron chi connectivity index (χ2n) is 15.1. The van der Waals surface area contributed by atoms with Crippen molar-refractivity contribution in [2.45, 2.75) is 39.5 Å². The molecule has 0 amide bonds. The van der Waals surface area contributed by atoms with Crippen LogP contribution in [-0.2, 0) is 17.8 Å². The van der Waals surface area contributed by atoms with Crippen LogP contribution in [-0.4, -0.2) is 42.9 Å². The summed E-state index contributed by atoms with van der Waals surface area (Å²) in [4.78, 5) is 35.3. The molecule has 0 unspecified atom stereocenters. The van der Waals surface area contributed by atoms with E-state index in [0.29, 0.717) is 35.7 Å². The number of nitrogens with zero attached hydrogens (tertiary/aromatic N) is 2. The van der Waals surface area contributed by atoms with Crippen molar-refractivity contribution in [3.8, 4) is 23.0 Å². The zero-order valence-corrected chi connectivity index (χ0v) is 36.5. The van der Waals surface area contributed by atoms with E-state index in [9.17, 15) is 19.5 Å². The molecule has 308 valence electrons. The summed E-state index contributed by atoms with van der Waals surface area (Å²) in [6.45, 7) is 6.40. The van der Waals surface area contributed by atoms with Crippen LogP contribution in [0, 0.1) is 0 Å². The van der Waals surface area contributed by atoms with Crippen LogP contribution in [0.1, 0.15) is 63.1 Å². The van der Waals surface area contributed by atoms with E-state index in [0.717, 1.165) is 47.9 Å². The number of halogens is 2. The molecular formula is C49H40Br2N2O8. The molecule has 0 spiro atoms. The Morgan fingerprint density at radius 2 is 1.07 bits per heavy atom. The summed E-state index contributed by atoms with van der Waals surface area (Å²) in [5.74, 6) is 0.458. The maximum Gasteiger partial charge on any atom is 0.352 e. The Balaban J connectivity index is 0.000000189. The highest BCUT2D eigenvalue weighted by molar-refractivity contribution is 9.11. The smallest absolute Gasteiger partial charge is 0.352 e. The van der Waals surface area contributed by atoms with E-state index < -0.39 is 23.5 Å². The summed E-state index contributed by atoms with van der Waals surface area (Å²) in [6.07, 6.45) is 2.02. The van der Waals surface area contributed by atoms with Crippen molar-refractivity contribution in [1.29, 1.82) is 0 Å². The summed E-state index contributed by atoms with van der Waals surface area (Å²) in [6, 6.07) is 44.3. The minimum absolute atomic E-state index is 0.156. The fraction of sp³-hybridized carbons (Fsp3) is 0.122. The SMILES string of the molecule is CC(C)(C)OC(=O)c1ccc(Cn2c(C(=O)O)cc3c(Br)cc(Oc4ccccc4)cc32)cc1.O=C(O)c1ccc(Cn2ccc3c(Br)cc(Oc4ccccc4)cc32)cc1. The van der Waals surface area contributed by atoms with Gasteiger partial charge in [-0.15, -0.1) is 0 Å². The lowest BCUT2D eigenvalue weighted by Gasteiger charge is -2.19. The molecule has 12 heteroatoms. The number of para-hydroxylation sites is 2. The quantitative estimate of drug-likeness (QED) is 0.123. The maximum absolute atomic E-state index is 12.3. The van der Waals surface area contributed by atoms with Gasteiger partial charge in [0.25, 0.3) is 0 Å². The second kappa shape index (κ2) is 18.3. The van der Waals surface area contributed by atoms with Crippen LogP contribution in [0.2, 0.25) is 0 Å². The van der Waals surface area contributed by atoms with Gasteiger partial charge in [0.15, 0.2) is 0 Å². The molecule has 2 heterocycles. The minimum Gasteiger partial charge on any atom is -0.478 e. The molecule has 0 aliphatic rings. The van der Waals surface area contributed by atoms with Crippen LogP contribution in [0.5, 0.6) is 23.0 Å². The van der Waals surface area contributed by atoms with Crippen molar-refractivity contribution < 1.29 is 38.8 Å². The normalized spacial score (nSPS) is 11.2. The Labute approximate surface area is 368 Å². The number of carboxylic acid groups (broad SMARTS) is 2. The van der Waals surface area contributed by atoms with E-state index in [4.69, 9.17) is 19.3 Å². The maximum atomic E-state index is 12.3. The van der Waals surface area contributed by atoms with Gasteiger partial charge in [0.2, 0.25) is 0 Å². The monoisotopic (exact) mass is 942 g/mol. The number of carbonyl (C=O) groups excluding carboxylic acids is 1. The van der Waals surface area contributed by atoms with Gasteiger partial charge in [0, 0.05) is 51.1 Å². The van der Waals surface area contributed by atoms with Crippen molar-refractivity contribution in [2.24, 2.45) is 0 Å². The van der Waals surface area contributed by atoms with Crippen LogP contribution in [0.15, 0.2) is 161 Å². The first-order chi connectivity index (χ1) is 29.2. The number of fused-ring (bicyclic) bond motifs is 2. The summed E-state index contributed by atoms with van der Waals surface area (Å²) in [7, 11) is 0. The zero-order valence-electron chi connectivity index (χ0n) is 33.3. The lowest BCUT2D eigenvalue weighted by atomic mass is 10.1. The van der Waals surface area contributed by atoms with Crippen LogP contribution in [0.4, 0.5) is 0 Å². The number of hydrogen-bond acceptors (Lipinski definition) is 6. The van der Waals surface area contributed by atoms with Gasteiger partial charge in [0.1, 0.15) is 34.3 Å². The first kappa shape index (κ1) is 42.5. The Morgan fingerprint density at radius 1 is 0.557 bits per heavy atom. The third-order valence-electron chi connectivity index (χ3n) is 9.42. The van der Waals surface area contributed by atoms with Gasteiger partial charge in [-0.05, 0) is 137 Å². The molecule has 0 radical (unpaired) electrons. The van der Waals surface area contributed by atoms with Gasteiger partial charge < -0.3 is 33.6 Å². The summed E-state index contributed by atoms with van der Waals surface area (Å²) in [5, 5.41) is 20.7. The van der Waals surface area contributed by atoms with E-state index >= 15 is 0 Å². The van der Waals surface area contributed by atoms with Crippen molar-refractivity contribution in [1.82, 2.24) is 9.13 Å². The number of benzene rings is 6. The molecule has 0 bridgehead atoms. The lowest BCUT2D eigenvalue weighted by molar-refractivity contribution is 0.00690. The molecule has 0 aliphatic heterocycles. The van der Waals surface area contributed by atoms with Gasteiger partial charge in [-0.2, -0.15) is 0 Å². The number of rotatable bonds is 11. The van der Waals surface area contributed by atoms with E-state index in [-0.39, 0.29) is 11.3 Å². The van der Waals surface area contributed by atoms with E-state index in [1.54, 1.807) is 47.0 Å². The predicted molar refractivity (Wildman–Crippen MR) is 242 cm³/mol. The number of ether oxygens (including phenoxy) is 3. The highest BCUT2D eigenvalue weighted by Gasteiger charge is 2.20. The van der Waals surface area contributed by atoms with Crippen LogP contribution in [0.3, 0.4) is 0 Å². The number of aromatic carboxylic acids is 2. The number of esters is 1. The lowest BCUT2D eigenvalue weighted by Crippen LogP contribution is -2.23. The molecule has 0 saturated carbocycles. The second-order valence-corrected chi connectivity index (χ2v) is 16.8. The van der Waals surface area contributed by atoms with E-state index in [1.807, 2.05) is 124 Å². The Morgan fingerprint density at radius 3 is 1.59 bits per heavy atom. The first-order valence-electron chi connectivity index (χ1n) is 19.2. The molecule has 0 fully saturated rings. The van der Waals surface area contributed by atoms with Crippen molar-refractivity contribution in [3.05, 3.63) is 189 Å². The molecule has 10 nitrogen and oxygen atoms in total. The molecule has 8 rings (SSSR count). The molecule has 0 saturated heterocycles.